The number of piperidine rings is 2. The molecule has 4 rings (SSSR count). The molecule has 0 radical (unpaired) electrons. The van der Waals surface area contributed by atoms with Crippen LogP contribution in [0.15, 0.2) is 36.5 Å². The smallest absolute Gasteiger partial charge is 0.276 e. The van der Waals surface area contributed by atoms with Crippen molar-refractivity contribution in [1.82, 2.24) is 25.2 Å². The van der Waals surface area contributed by atoms with Gasteiger partial charge in [0.25, 0.3) is 5.91 Å². The summed E-state index contributed by atoms with van der Waals surface area (Å²) in [7, 11) is 0. The number of nitrogens with zero attached hydrogens (tertiary/aromatic N) is 4. The number of rotatable bonds is 4. The van der Waals surface area contributed by atoms with E-state index >= 15 is 0 Å². The van der Waals surface area contributed by atoms with E-state index < -0.39 is 0 Å². The molecule has 2 aromatic rings. The summed E-state index contributed by atoms with van der Waals surface area (Å²) in [6, 6.07) is 11.1. The van der Waals surface area contributed by atoms with Gasteiger partial charge < -0.3 is 10.2 Å². The zero-order valence-electron chi connectivity index (χ0n) is 16.1. The molecule has 0 spiro atoms. The number of aromatic nitrogens is 3. The van der Waals surface area contributed by atoms with E-state index in [1.807, 2.05) is 15.8 Å². The molecule has 27 heavy (non-hydrogen) atoms. The second-order valence-electron chi connectivity index (χ2n) is 7.79. The van der Waals surface area contributed by atoms with Crippen molar-refractivity contribution >= 4 is 5.91 Å². The highest BCUT2D eigenvalue weighted by molar-refractivity contribution is 5.92. The molecule has 2 fully saturated rings. The maximum Gasteiger partial charge on any atom is 0.276 e. The lowest BCUT2D eigenvalue weighted by atomic mass is 9.79. The lowest BCUT2D eigenvalue weighted by molar-refractivity contribution is 0.0639. The van der Waals surface area contributed by atoms with Gasteiger partial charge in [0, 0.05) is 13.1 Å². The van der Waals surface area contributed by atoms with Crippen molar-refractivity contribution in [1.29, 1.82) is 0 Å². The molecule has 0 aliphatic carbocycles. The molecular weight excluding hydrogens is 338 g/mol. The molecule has 1 aromatic heterocycles. The van der Waals surface area contributed by atoms with Crippen LogP contribution in [-0.4, -0.2) is 52.0 Å². The zero-order chi connectivity index (χ0) is 18.6. The predicted octanol–water partition coefficient (Wildman–Crippen LogP) is 2.86. The Balaban J connectivity index is 1.43. The summed E-state index contributed by atoms with van der Waals surface area (Å²) in [6.45, 7) is 5.81. The summed E-state index contributed by atoms with van der Waals surface area (Å²) in [4.78, 5) is 15.0. The first kappa shape index (κ1) is 18.2. The van der Waals surface area contributed by atoms with Crippen molar-refractivity contribution in [3.05, 3.63) is 47.8 Å². The average molecular weight is 367 g/mol. The van der Waals surface area contributed by atoms with Crippen LogP contribution in [0.25, 0.3) is 0 Å². The molecule has 1 N–H and O–H groups in total. The standard InChI is InChI=1S/C21H29N5O/c1-2-16-14-25(13-10-19(16)17-6-4-3-5-7-17)21(27)20-15-26(24-23-20)18-8-11-22-12-9-18/h3-7,15-16,18-19,22H,2,8-14H2,1H3/t16-,19-/m1/s1. The minimum absolute atomic E-state index is 0.0279. The van der Waals surface area contributed by atoms with Crippen LogP contribution < -0.4 is 5.32 Å². The average Bonchev–Trinajstić information content (AvgIpc) is 3.24. The van der Waals surface area contributed by atoms with E-state index in [9.17, 15) is 4.79 Å². The van der Waals surface area contributed by atoms with Gasteiger partial charge in [-0.1, -0.05) is 48.9 Å². The quantitative estimate of drug-likeness (QED) is 0.903. The van der Waals surface area contributed by atoms with Gasteiger partial charge in [0.2, 0.25) is 0 Å². The number of benzene rings is 1. The molecule has 2 atom stereocenters. The van der Waals surface area contributed by atoms with Crippen LogP contribution >= 0.6 is 0 Å². The van der Waals surface area contributed by atoms with Crippen LogP contribution in [0.2, 0.25) is 0 Å². The molecule has 2 aliphatic rings. The van der Waals surface area contributed by atoms with Crippen molar-refractivity contribution in [3.8, 4) is 0 Å². The molecule has 0 bridgehead atoms. The van der Waals surface area contributed by atoms with E-state index in [0.29, 0.717) is 23.6 Å². The van der Waals surface area contributed by atoms with Crippen molar-refractivity contribution in [2.75, 3.05) is 26.2 Å². The van der Waals surface area contributed by atoms with Crippen LogP contribution in [0.4, 0.5) is 0 Å². The van der Waals surface area contributed by atoms with Gasteiger partial charge in [0.1, 0.15) is 0 Å². The van der Waals surface area contributed by atoms with Gasteiger partial charge in [0.05, 0.1) is 12.2 Å². The normalized spacial score (nSPS) is 24.1. The SMILES string of the molecule is CC[C@@H]1CN(C(=O)c2cn(C3CCNCC3)nn2)CC[C@H]1c1ccccc1. The van der Waals surface area contributed by atoms with E-state index in [2.05, 4.69) is 52.9 Å². The predicted molar refractivity (Wildman–Crippen MR) is 105 cm³/mol. The molecule has 6 heteroatoms. The Morgan fingerprint density at radius 2 is 1.96 bits per heavy atom. The Kier molecular flexibility index (Phi) is 5.53. The van der Waals surface area contributed by atoms with Gasteiger partial charge in [0.15, 0.2) is 5.69 Å². The third-order valence-corrected chi connectivity index (χ3v) is 6.19. The molecule has 2 saturated heterocycles. The van der Waals surface area contributed by atoms with Gasteiger partial charge in [-0.3, -0.25) is 4.79 Å². The van der Waals surface area contributed by atoms with Gasteiger partial charge in [-0.15, -0.1) is 5.10 Å². The highest BCUT2D eigenvalue weighted by Crippen LogP contribution is 2.35. The number of carbonyl (C=O) groups is 1. The van der Waals surface area contributed by atoms with Crippen molar-refractivity contribution in [3.63, 3.8) is 0 Å². The first-order valence-electron chi connectivity index (χ1n) is 10.2. The summed E-state index contributed by atoms with van der Waals surface area (Å²) in [5, 5.41) is 11.8. The van der Waals surface area contributed by atoms with E-state index in [-0.39, 0.29) is 5.91 Å². The first-order valence-corrected chi connectivity index (χ1v) is 10.2. The van der Waals surface area contributed by atoms with Gasteiger partial charge in [-0.2, -0.15) is 0 Å². The molecule has 3 heterocycles. The minimum atomic E-state index is 0.0279. The van der Waals surface area contributed by atoms with E-state index in [1.54, 1.807) is 0 Å². The third kappa shape index (κ3) is 3.90. The van der Waals surface area contributed by atoms with Crippen LogP contribution in [-0.2, 0) is 0 Å². The highest BCUT2D eigenvalue weighted by Gasteiger charge is 2.32. The molecular formula is C21H29N5O. The molecule has 0 saturated carbocycles. The number of nitrogens with one attached hydrogen (secondary N) is 1. The topological polar surface area (TPSA) is 63.1 Å². The summed E-state index contributed by atoms with van der Waals surface area (Å²) in [5.74, 6) is 1.05. The first-order chi connectivity index (χ1) is 13.3. The number of hydrogen-bond donors (Lipinski definition) is 1. The Hall–Kier alpha value is -2.21. The third-order valence-electron chi connectivity index (χ3n) is 6.19. The summed E-state index contributed by atoms with van der Waals surface area (Å²) >= 11 is 0. The second-order valence-corrected chi connectivity index (χ2v) is 7.79. The summed E-state index contributed by atoms with van der Waals surface area (Å²) in [5.41, 5.74) is 1.88. The second kappa shape index (κ2) is 8.21. The van der Waals surface area contributed by atoms with E-state index in [4.69, 9.17) is 0 Å². The molecule has 6 nitrogen and oxygen atoms in total. The Bertz CT molecular complexity index is 753. The van der Waals surface area contributed by atoms with Crippen molar-refractivity contribution < 1.29 is 4.79 Å². The lowest BCUT2D eigenvalue weighted by Crippen LogP contribution is -2.43. The zero-order valence-corrected chi connectivity index (χ0v) is 16.1. The number of hydrogen-bond acceptors (Lipinski definition) is 4. The summed E-state index contributed by atoms with van der Waals surface area (Å²) < 4.78 is 1.89. The lowest BCUT2D eigenvalue weighted by Gasteiger charge is -2.38. The highest BCUT2D eigenvalue weighted by atomic mass is 16.2. The van der Waals surface area contributed by atoms with E-state index in [1.165, 1.54) is 5.56 Å². The number of amides is 1. The largest absolute Gasteiger partial charge is 0.337 e. The molecule has 144 valence electrons. The minimum Gasteiger partial charge on any atom is -0.337 e. The van der Waals surface area contributed by atoms with E-state index in [0.717, 1.165) is 51.9 Å². The van der Waals surface area contributed by atoms with Gasteiger partial charge in [-0.25, -0.2) is 4.68 Å². The van der Waals surface area contributed by atoms with Crippen LogP contribution in [0.5, 0.6) is 0 Å². The fourth-order valence-electron chi connectivity index (χ4n) is 4.56. The molecule has 1 amide bonds. The fraction of sp³-hybridized carbons (Fsp3) is 0.571. The van der Waals surface area contributed by atoms with Gasteiger partial charge >= 0.3 is 0 Å². The molecule has 0 unspecified atom stereocenters. The van der Waals surface area contributed by atoms with Crippen LogP contribution in [0, 0.1) is 5.92 Å². The monoisotopic (exact) mass is 367 g/mol. The van der Waals surface area contributed by atoms with Crippen LogP contribution in [0.1, 0.15) is 60.6 Å². The maximum atomic E-state index is 13.0. The Morgan fingerprint density at radius 3 is 2.70 bits per heavy atom. The fourth-order valence-corrected chi connectivity index (χ4v) is 4.56. The molecule has 2 aliphatic heterocycles. The Morgan fingerprint density at radius 1 is 1.19 bits per heavy atom. The maximum absolute atomic E-state index is 13.0. The Labute approximate surface area is 160 Å². The summed E-state index contributed by atoms with van der Waals surface area (Å²) in [6.07, 6.45) is 6.01. The van der Waals surface area contributed by atoms with Crippen molar-refractivity contribution in [2.45, 2.75) is 44.6 Å². The van der Waals surface area contributed by atoms with Crippen molar-refractivity contribution in [2.24, 2.45) is 5.92 Å². The van der Waals surface area contributed by atoms with Gasteiger partial charge in [-0.05, 0) is 49.8 Å². The number of likely N-dealkylation sites (tertiary alicyclic amines) is 1. The molecule has 1 aromatic carbocycles. The number of carbonyl (C=O) groups excluding carboxylic acids is 1. The van der Waals surface area contributed by atoms with Crippen LogP contribution in [0.3, 0.4) is 0 Å².